The van der Waals surface area contributed by atoms with Gasteiger partial charge in [0.15, 0.2) is 0 Å². The van der Waals surface area contributed by atoms with Crippen LogP contribution in [0.2, 0.25) is 0 Å². The molecule has 1 aromatic heterocycles. The average molecular weight is 231 g/mol. The number of methoxy groups -OCH3 is 1. The van der Waals surface area contributed by atoms with Crippen molar-refractivity contribution in [2.45, 2.75) is 12.5 Å². The highest BCUT2D eigenvalue weighted by Gasteiger charge is 2.25. The Kier molecular flexibility index (Phi) is 2.90. The van der Waals surface area contributed by atoms with Crippen molar-refractivity contribution in [3.05, 3.63) is 47.8 Å². The van der Waals surface area contributed by atoms with Crippen molar-refractivity contribution in [3.63, 3.8) is 0 Å². The van der Waals surface area contributed by atoms with E-state index < -0.39 is 5.54 Å². The van der Waals surface area contributed by atoms with Gasteiger partial charge in [0.1, 0.15) is 5.75 Å². The number of ether oxygens (including phenoxy) is 1. The fourth-order valence-corrected chi connectivity index (χ4v) is 1.80. The number of hydrogen-bond donors (Lipinski definition) is 1. The van der Waals surface area contributed by atoms with Crippen LogP contribution < -0.4 is 10.5 Å². The van der Waals surface area contributed by atoms with E-state index >= 15 is 0 Å². The lowest BCUT2D eigenvalue weighted by molar-refractivity contribution is 0.413. The summed E-state index contributed by atoms with van der Waals surface area (Å²) >= 11 is 0. The summed E-state index contributed by atoms with van der Waals surface area (Å²) in [5, 5.41) is 4.16. The number of rotatable bonds is 3. The number of aryl methyl sites for hydroxylation is 1. The molecule has 2 N–H and O–H groups in total. The highest BCUT2D eigenvalue weighted by atomic mass is 16.5. The molecular formula is C13H17N3O. The zero-order valence-electron chi connectivity index (χ0n) is 10.3. The van der Waals surface area contributed by atoms with Gasteiger partial charge in [0.25, 0.3) is 0 Å². The molecule has 17 heavy (non-hydrogen) atoms. The van der Waals surface area contributed by atoms with Crippen molar-refractivity contribution in [1.82, 2.24) is 9.78 Å². The summed E-state index contributed by atoms with van der Waals surface area (Å²) in [7, 11) is 3.53. The Morgan fingerprint density at radius 1 is 1.35 bits per heavy atom. The quantitative estimate of drug-likeness (QED) is 0.874. The maximum Gasteiger partial charge on any atom is 0.119 e. The predicted molar refractivity (Wildman–Crippen MR) is 66.8 cm³/mol. The summed E-state index contributed by atoms with van der Waals surface area (Å²) in [4.78, 5) is 0. The smallest absolute Gasteiger partial charge is 0.119 e. The van der Waals surface area contributed by atoms with Crippen LogP contribution in [0.1, 0.15) is 18.1 Å². The minimum Gasteiger partial charge on any atom is -0.497 e. The van der Waals surface area contributed by atoms with Gasteiger partial charge < -0.3 is 10.5 Å². The molecule has 90 valence electrons. The third kappa shape index (κ3) is 2.17. The molecule has 1 unspecified atom stereocenters. The maximum absolute atomic E-state index is 6.39. The third-order valence-electron chi connectivity index (χ3n) is 2.97. The minimum absolute atomic E-state index is 0.567. The highest BCUT2D eigenvalue weighted by molar-refractivity contribution is 5.39. The summed E-state index contributed by atoms with van der Waals surface area (Å²) in [5.74, 6) is 0.808. The molecule has 1 aromatic carbocycles. The van der Waals surface area contributed by atoms with Gasteiger partial charge in [0.2, 0.25) is 0 Å². The van der Waals surface area contributed by atoms with Gasteiger partial charge in [-0.25, -0.2) is 0 Å². The Balaban J connectivity index is 2.43. The topological polar surface area (TPSA) is 53.1 Å². The molecule has 1 atom stereocenters. The first-order chi connectivity index (χ1) is 8.04. The Hall–Kier alpha value is -1.81. The molecule has 0 aliphatic heterocycles. The Morgan fingerprint density at radius 3 is 2.71 bits per heavy atom. The molecule has 2 rings (SSSR count). The number of aromatic nitrogens is 2. The van der Waals surface area contributed by atoms with Crippen molar-refractivity contribution < 1.29 is 4.74 Å². The predicted octanol–water partition coefficient (Wildman–Crippen LogP) is 1.65. The summed E-state index contributed by atoms with van der Waals surface area (Å²) in [6.07, 6.45) is 3.72. The molecule has 0 bridgehead atoms. The van der Waals surface area contributed by atoms with E-state index in [1.807, 2.05) is 44.4 Å². The summed E-state index contributed by atoms with van der Waals surface area (Å²) < 4.78 is 6.97. The van der Waals surface area contributed by atoms with Crippen LogP contribution in [0.25, 0.3) is 0 Å². The molecule has 0 saturated carbocycles. The SMILES string of the molecule is COc1cccc(C(C)(N)c2cnn(C)c2)c1. The van der Waals surface area contributed by atoms with E-state index in [4.69, 9.17) is 10.5 Å². The maximum atomic E-state index is 6.39. The molecule has 0 fully saturated rings. The second-order valence-corrected chi connectivity index (χ2v) is 4.34. The Morgan fingerprint density at radius 2 is 2.12 bits per heavy atom. The van der Waals surface area contributed by atoms with Gasteiger partial charge in [-0.2, -0.15) is 5.10 Å². The highest BCUT2D eigenvalue weighted by Crippen LogP contribution is 2.28. The van der Waals surface area contributed by atoms with Gasteiger partial charge in [0, 0.05) is 18.8 Å². The zero-order chi connectivity index (χ0) is 12.5. The van der Waals surface area contributed by atoms with Crippen LogP contribution >= 0.6 is 0 Å². The van der Waals surface area contributed by atoms with Crippen LogP contribution in [0.15, 0.2) is 36.7 Å². The zero-order valence-corrected chi connectivity index (χ0v) is 10.3. The van der Waals surface area contributed by atoms with Crippen molar-refractivity contribution >= 4 is 0 Å². The van der Waals surface area contributed by atoms with E-state index in [1.54, 1.807) is 18.0 Å². The molecule has 0 saturated heterocycles. The molecule has 4 nitrogen and oxygen atoms in total. The van der Waals surface area contributed by atoms with E-state index in [0.29, 0.717) is 0 Å². The van der Waals surface area contributed by atoms with Crippen molar-refractivity contribution in [3.8, 4) is 5.75 Å². The number of hydrogen-bond acceptors (Lipinski definition) is 3. The number of nitrogens with zero attached hydrogens (tertiary/aromatic N) is 2. The van der Waals surface area contributed by atoms with E-state index in [1.165, 1.54) is 0 Å². The van der Waals surface area contributed by atoms with E-state index in [2.05, 4.69) is 5.10 Å². The van der Waals surface area contributed by atoms with Crippen LogP contribution in [0.4, 0.5) is 0 Å². The van der Waals surface area contributed by atoms with Crippen LogP contribution in [-0.2, 0) is 12.6 Å². The van der Waals surface area contributed by atoms with Gasteiger partial charge in [-0.3, -0.25) is 4.68 Å². The van der Waals surface area contributed by atoms with Gasteiger partial charge in [-0.15, -0.1) is 0 Å². The first-order valence-electron chi connectivity index (χ1n) is 5.46. The lowest BCUT2D eigenvalue weighted by Crippen LogP contribution is -2.33. The van der Waals surface area contributed by atoms with Crippen LogP contribution in [0.5, 0.6) is 5.75 Å². The second kappa shape index (κ2) is 4.22. The first-order valence-corrected chi connectivity index (χ1v) is 5.46. The van der Waals surface area contributed by atoms with E-state index in [0.717, 1.165) is 16.9 Å². The normalized spacial score (nSPS) is 14.4. The van der Waals surface area contributed by atoms with Gasteiger partial charge in [0.05, 0.1) is 18.8 Å². The molecular weight excluding hydrogens is 214 g/mol. The molecule has 0 amide bonds. The van der Waals surface area contributed by atoms with Crippen molar-refractivity contribution in [2.24, 2.45) is 12.8 Å². The summed E-state index contributed by atoms with van der Waals surface area (Å²) in [6.45, 7) is 1.97. The van der Waals surface area contributed by atoms with E-state index in [-0.39, 0.29) is 0 Å². The molecule has 0 aliphatic rings. The fourth-order valence-electron chi connectivity index (χ4n) is 1.80. The largest absolute Gasteiger partial charge is 0.497 e. The van der Waals surface area contributed by atoms with Gasteiger partial charge in [-0.1, -0.05) is 12.1 Å². The van der Waals surface area contributed by atoms with Crippen LogP contribution in [0, 0.1) is 0 Å². The average Bonchev–Trinajstić information content (AvgIpc) is 2.76. The summed E-state index contributed by atoms with van der Waals surface area (Å²) in [6, 6.07) is 7.79. The number of nitrogens with two attached hydrogens (primary N) is 1. The molecule has 4 heteroatoms. The monoisotopic (exact) mass is 231 g/mol. The first kappa shape index (κ1) is 11.7. The third-order valence-corrected chi connectivity index (χ3v) is 2.97. The lowest BCUT2D eigenvalue weighted by atomic mass is 9.87. The molecule has 2 aromatic rings. The standard InChI is InChI=1S/C13H17N3O/c1-13(14,11-8-15-16(2)9-11)10-5-4-6-12(7-10)17-3/h4-9H,14H2,1-3H3. The van der Waals surface area contributed by atoms with Crippen molar-refractivity contribution in [2.75, 3.05) is 7.11 Å². The van der Waals surface area contributed by atoms with E-state index in [9.17, 15) is 0 Å². The molecule has 1 heterocycles. The molecule has 0 aliphatic carbocycles. The second-order valence-electron chi connectivity index (χ2n) is 4.34. The molecule has 0 radical (unpaired) electrons. The molecule has 0 spiro atoms. The van der Waals surface area contributed by atoms with Gasteiger partial charge in [-0.05, 0) is 24.6 Å². The lowest BCUT2D eigenvalue weighted by Gasteiger charge is -2.24. The Labute approximate surface area is 101 Å². The van der Waals surface area contributed by atoms with Crippen LogP contribution in [0.3, 0.4) is 0 Å². The minimum atomic E-state index is -0.567. The van der Waals surface area contributed by atoms with Crippen molar-refractivity contribution in [1.29, 1.82) is 0 Å². The fraction of sp³-hybridized carbons (Fsp3) is 0.308. The van der Waals surface area contributed by atoms with Crippen LogP contribution in [-0.4, -0.2) is 16.9 Å². The number of benzene rings is 1. The summed E-state index contributed by atoms with van der Waals surface area (Å²) in [5.41, 5.74) is 7.81. The Bertz CT molecular complexity index is 517. The van der Waals surface area contributed by atoms with Gasteiger partial charge >= 0.3 is 0 Å².